The van der Waals surface area contributed by atoms with Crippen molar-refractivity contribution >= 4 is 17.8 Å². The molecule has 0 spiro atoms. The van der Waals surface area contributed by atoms with E-state index in [4.69, 9.17) is 4.74 Å². The topological polar surface area (TPSA) is 122 Å². The van der Waals surface area contributed by atoms with Gasteiger partial charge in [-0.1, -0.05) is 49.4 Å². The maximum absolute atomic E-state index is 11.6. The van der Waals surface area contributed by atoms with Crippen molar-refractivity contribution in [2.45, 2.75) is 38.8 Å². The molecule has 3 aromatic rings. The quantitative estimate of drug-likeness (QED) is 0.435. The molecule has 1 aromatic heterocycles. The fourth-order valence-electron chi connectivity index (χ4n) is 3.24. The fourth-order valence-corrected chi connectivity index (χ4v) is 3.24. The van der Waals surface area contributed by atoms with E-state index in [1.807, 2.05) is 25.1 Å². The number of carboxylic acid groups (broad SMARTS) is 2. The van der Waals surface area contributed by atoms with Crippen LogP contribution < -0.4 is 10.1 Å². The number of hydrogen-bond donors (Lipinski definition) is 3. The molecule has 0 fully saturated rings. The van der Waals surface area contributed by atoms with Gasteiger partial charge in [0.05, 0.1) is 0 Å². The number of rotatable bonds is 10. The second kappa shape index (κ2) is 10.4. The number of aromatic carboxylic acids is 1. The van der Waals surface area contributed by atoms with Gasteiger partial charge in [-0.05, 0) is 37.5 Å². The Hall–Kier alpha value is -3.94. The minimum Gasteiger partial charge on any atom is -0.478 e. The number of benzene rings is 2. The van der Waals surface area contributed by atoms with Crippen LogP contribution in [0.2, 0.25) is 0 Å². The Bertz CT molecular complexity index is 1070. The van der Waals surface area contributed by atoms with Gasteiger partial charge in [0.15, 0.2) is 0 Å². The average Bonchev–Trinajstić information content (AvgIpc) is 2.78. The van der Waals surface area contributed by atoms with E-state index in [0.717, 1.165) is 12.0 Å². The first-order valence-electron chi connectivity index (χ1n) is 10.2. The SMILES string of the molecule is CCC(Cc1ccc(OC(C(=O)O)c2ccccc2)cc1)Nc1nc(C)ncc1C(=O)O. The number of hydrogen-bond acceptors (Lipinski definition) is 6. The lowest BCUT2D eigenvalue weighted by Gasteiger charge is -2.20. The summed E-state index contributed by atoms with van der Waals surface area (Å²) < 4.78 is 5.70. The first kappa shape index (κ1) is 22.7. The lowest BCUT2D eigenvalue weighted by Crippen LogP contribution is -2.24. The van der Waals surface area contributed by atoms with Crippen molar-refractivity contribution in [1.82, 2.24) is 9.97 Å². The molecule has 0 radical (unpaired) electrons. The van der Waals surface area contributed by atoms with Crippen molar-refractivity contribution in [3.8, 4) is 5.75 Å². The minimum absolute atomic E-state index is 0.0263. The van der Waals surface area contributed by atoms with Crippen LogP contribution in [-0.2, 0) is 11.2 Å². The number of aromatic nitrogens is 2. The van der Waals surface area contributed by atoms with Gasteiger partial charge in [-0.25, -0.2) is 19.6 Å². The van der Waals surface area contributed by atoms with E-state index in [-0.39, 0.29) is 11.6 Å². The van der Waals surface area contributed by atoms with Gasteiger partial charge >= 0.3 is 11.9 Å². The van der Waals surface area contributed by atoms with Crippen LogP contribution in [0.3, 0.4) is 0 Å². The molecule has 2 atom stereocenters. The smallest absolute Gasteiger partial charge is 0.349 e. The number of anilines is 1. The summed E-state index contributed by atoms with van der Waals surface area (Å²) in [5.74, 6) is -0.921. The van der Waals surface area contributed by atoms with Gasteiger partial charge in [-0.15, -0.1) is 0 Å². The second-order valence-corrected chi connectivity index (χ2v) is 7.33. The molecule has 0 amide bonds. The molecule has 32 heavy (non-hydrogen) atoms. The van der Waals surface area contributed by atoms with Crippen molar-refractivity contribution in [2.24, 2.45) is 0 Å². The first-order chi connectivity index (χ1) is 15.4. The first-order valence-corrected chi connectivity index (χ1v) is 10.2. The molecule has 0 bridgehead atoms. The number of nitrogens with zero attached hydrogens (tertiary/aromatic N) is 2. The van der Waals surface area contributed by atoms with Crippen molar-refractivity contribution in [1.29, 1.82) is 0 Å². The molecule has 3 N–H and O–H groups in total. The molecule has 0 saturated heterocycles. The Kier molecular flexibility index (Phi) is 7.38. The number of carboxylic acids is 2. The van der Waals surface area contributed by atoms with Crippen LogP contribution >= 0.6 is 0 Å². The number of aliphatic carboxylic acids is 1. The van der Waals surface area contributed by atoms with Gasteiger partial charge in [0, 0.05) is 17.8 Å². The predicted molar refractivity (Wildman–Crippen MR) is 119 cm³/mol. The molecule has 1 heterocycles. The Morgan fingerprint density at radius 3 is 2.34 bits per heavy atom. The average molecular weight is 435 g/mol. The predicted octanol–water partition coefficient (Wildman–Crippen LogP) is 4.12. The summed E-state index contributed by atoms with van der Waals surface area (Å²) in [7, 11) is 0. The van der Waals surface area contributed by atoms with Gasteiger partial charge < -0.3 is 20.3 Å². The standard InChI is InChI=1S/C24H25N3O5/c1-3-18(27-22-20(23(28)29)14-25-15(2)26-22)13-16-9-11-19(12-10-16)32-21(24(30)31)17-7-5-4-6-8-17/h4-12,14,18,21H,3,13H2,1-2H3,(H,28,29)(H,30,31)(H,25,26,27). The van der Waals surface area contributed by atoms with Gasteiger partial charge in [-0.2, -0.15) is 0 Å². The molecule has 8 nitrogen and oxygen atoms in total. The largest absolute Gasteiger partial charge is 0.478 e. The molecule has 166 valence electrons. The van der Waals surface area contributed by atoms with Crippen molar-refractivity contribution < 1.29 is 24.5 Å². The van der Waals surface area contributed by atoms with E-state index in [1.54, 1.807) is 43.3 Å². The van der Waals surface area contributed by atoms with Crippen LogP contribution in [0.1, 0.15) is 46.8 Å². The van der Waals surface area contributed by atoms with Crippen LogP contribution in [0.25, 0.3) is 0 Å². The highest BCUT2D eigenvalue weighted by Crippen LogP contribution is 2.24. The van der Waals surface area contributed by atoms with Crippen molar-refractivity contribution in [2.75, 3.05) is 5.32 Å². The molecule has 0 aliphatic heterocycles. The molecule has 2 aromatic carbocycles. The number of aryl methyl sites for hydroxylation is 1. The summed E-state index contributed by atoms with van der Waals surface area (Å²) in [6, 6.07) is 15.9. The van der Waals surface area contributed by atoms with Gasteiger partial charge in [-0.3, -0.25) is 0 Å². The lowest BCUT2D eigenvalue weighted by atomic mass is 10.0. The van der Waals surface area contributed by atoms with Gasteiger partial charge in [0.1, 0.15) is 23.0 Å². The van der Waals surface area contributed by atoms with E-state index in [1.165, 1.54) is 6.20 Å². The van der Waals surface area contributed by atoms with E-state index < -0.39 is 18.0 Å². The van der Waals surface area contributed by atoms with Gasteiger partial charge in [0.2, 0.25) is 6.10 Å². The summed E-state index contributed by atoms with van der Waals surface area (Å²) in [5, 5.41) is 22.1. The maximum atomic E-state index is 11.6. The van der Waals surface area contributed by atoms with Crippen LogP contribution in [0.5, 0.6) is 5.75 Å². The number of ether oxygens (including phenoxy) is 1. The summed E-state index contributed by atoms with van der Waals surface area (Å²) >= 11 is 0. The minimum atomic E-state index is -1.09. The summed E-state index contributed by atoms with van der Waals surface area (Å²) in [6.07, 6.45) is 1.58. The fraction of sp³-hybridized carbons (Fsp3) is 0.250. The third kappa shape index (κ3) is 5.81. The van der Waals surface area contributed by atoms with Crippen LogP contribution in [0.15, 0.2) is 60.8 Å². The Labute approximate surface area is 185 Å². The van der Waals surface area contributed by atoms with Crippen LogP contribution in [-0.4, -0.2) is 38.2 Å². The highest BCUT2D eigenvalue weighted by molar-refractivity contribution is 5.92. The second-order valence-electron chi connectivity index (χ2n) is 7.33. The molecular formula is C24H25N3O5. The van der Waals surface area contributed by atoms with Gasteiger partial charge in [0.25, 0.3) is 0 Å². The zero-order valence-corrected chi connectivity index (χ0v) is 17.9. The molecule has 0 aliphatic carbocycles. The van der Waals surface area contributed by atoms with Crippen LogP contribution in [0, 0.1) is 6.92 Å². The third-order valence-corrected chi connectivity index (χ3v) is 4.96. The maximum Gasteiger partial charge on any atom is 0.349 e. The number of nitrogens with one attached hydrogen (secondary N) is 1. The summed E-state index contributed by atoms with van der Waals surface area (Å²) in [4.78, 5) is 31.3. The zero-order chi connectivity index (χ0) is 23.1. The van der Waals surface area contributed by atoms with Crippen molar-refractivity contribution in [3.05, 3.63) is 83.3 Å². The molecular weight excluding hydrogens is 410 g/mol. The van der Waals surface area contributed by atoms with E-state index in [2.05, 4.69) is 15.3 Å². The molecule has 0 saturated carbocycles. The summed E-state index contributed by atoms with van der Waals surface area (Å²) in [6.45, 7) is 3.71. The Morgan fingerprint density at radius 1 is 1.06 bits per heavy atom. The zero-order valence-electron chi connectivity index (χ0n) is 17.9. The Morgan fingerprint density at radius 2 is 1.75 bits per heavy atom. The summed E-state index contributed by atoms with van der Waals surface area (Å²) in [5.41, 5.74) is 1.58. The van der Waals surface area contributed by atoms with E-state index in [9.17, 15) is 19.8 Å². The molecule has 3 rings (SSSR count). The molecule has 8 heteroatoms. The molecule has 0 aliphatic rings. The number of carbonyl (C=O) groups is 2. The van der Waals surface area contributed by atoms with Crippen molar-refractivity contribution in [3.63, 3.8) is 0 Å². The van der Waals surface area contributed by atoms with E-state index in [0.29, 0.717) is 29.4 Å². The highest BCUT2D eigenvalue weighted by Gasteiger charge is 2.22. The lowest BCUT2D eigenvalue weighted by molar-refractivity contribution is -0.145. The van der Waals surface area contributed by atoms with E-state index >= 15 is 0 Å². The third-order valence-electron chi connectivity index (χ3n) is 4.96. The monoisotopic (exact) mass is 435 g/mol. The highest BCUT2D eigenvalue weighted by atomic mass is 16.5. The molecule has 2 unspecified atom stereocenters. The van der Waals surface area contributed by atoms with Crippen LogP contribution in [0.4, 0.5) is 5.82 Å². The Balaban J connectivity index is 1.70. The normalized spacial score (nSPS) is 12.6.